The van der Waals surface area contributed by atoms with Crippen molar-refractivity contribution in [2.24, 2.45) is 0 Å². The summed E-state index contributed by atoms with van der Waals surface area (Å²) < 4.78 is 1.82. The predicted octanol–water partition coefficient (Wildman–Crippen LogP) is 4.71. The summed E-state index contributed by atoms with van der Waals surface area (Å²) >= 11 is 6.49. The average molecular weight is 330 g/mol. The van der Waals surface area contributed by atoms with Gasteiger partial charge < -0.3 is 0 Å². The zero-order chi connectivity index (χ0) is 16.6. The van der Waals surface area contributed by atoms with Crippen molar-refractivity contribution in [3.63, 3.8) is 0 Å². The lowest BCUT2D eigenvalue weighted by Crippen LogP contribution is -2.21. The minimum Gasteiger partial charge on any atom is -0.290 e. The number of halogens is 1. The van der Waals surface area contributed by atoms with E-state index in [1.165, 1.54) is 0 Å². The highest BCUT2D eigenvalue weighted by Gasteiger charge is 2.21. The monoisotopic (exact) mass is 329 g/mol. The van der Waals surface area contributed by atoms with E-state index in [2.05, 4.69) is 23.8 Å². The summed E-state index contributed by atoms with van der Waals surface area (Å²) in [6.07, 6.45) is 3.37. The summed E-state index contributed by atoms with van der Waals surface area (Å²) in [5, 5.41) is 0.561. The first-order chi connectivity index (χ1) is 11.1. The molecule has 3 aromatic rings. The van der Waals surface area contributed by atoms with Crippen molar-refractivity contribution >= 4 is 22.8 Å². The Morgan fingerprint density at radius 3 is 2.61 bits per heavy atom. The fourth-order valence-corrected chi connectivity index (χ4v) is 3.42. The van der Waals surface area contributed by atoms with E-state index in [1.807, 2.05) is 35.8 Å². The lowest BCUT2D eigenvalue weighted by Gasteiger charge is -2.17. The van der Waals surface area contributed by atoms with Gasteiger partial charge in [-0.3, -0.25) is 9.55 Å². The number of pyridine rings is 1. The molecule has 0 amide bonds. The molecule has 0 radical (unpaired) electrons. The molecule has 0 unspecified atom stereocenters. The van der Waals surface area contributed by atoms with E-state index in [-0.39, 0.29) is 11.7 Å². The van der Waals surface area contributed by atoms with E-state index in [0.29, 0.717) is 10.7 Å². The standard InChI is InChI=1S/C18H20ClN3O/c1-4-12(5-2)22-16-15(13-9-7-6-8-11(13)3)14(19)10-20-17(16)21-18(22)23/h6-10,12H,4-5H2,1-3H3,(H,20,21,23). The van der Waals surface area contributed by atoms with Gasteiger partial charge in [0.15, 0.2) is 5.65 Å². The smallest absolute Gasteiger partial charge is 0.290 e. The van der Waals surface area contributed by atoms with E-state index in [1.54, 1.807) is 6.20 Å². The first kappa shape index (κ1) is 15.8. The van der Waals surface area contributed by atoms with Gasteiger partial charge in [-0.1, -0.05) is 49.7 Å². The molecule has 0 saturated carbocycles. The molecule has 0 bridgehead atoms. The molecule has 2 aromatic heterocycles. The molecule has 120 valence electrons. The maximum Gasteiger partial charge on any atom is 0.327 e. The highest BCUT2D eigenvalue weighted by Crippen LogP contribution is 2.36. The maximum atomic E-state index is 12.5. The predicted molar refractivity (Wildman–Crippen MR) is 95.2 cm³/mol. The van der Waals surface area contributed by atoms with Crippen LogP contribution in [0.5, 0.6) is 0 Å². The molecule has 0 atom stereocenters. The fourth-order valence-electron chi connectivity index (χ4n) is 3.18. The Morgan fingerprint density at radius 1 is 1.26 bits per heavy atom. The van der Waals surface area contributed by atoms with Crippen molar-refractivity contribution < 1.29 is 0 Å². The fraction of sp³-hybridized carbons (Fsp3) is 0.333. The number of aromatic amines is 1. The largest absolute Gasteiger partial charge is 0.327 e. The van der Waals surface area contributed by atoms with Gasteiger partial charge in [0.2, 0.25) is 0 Å². The summed E-state index contributed by atoms with van der Waals surface area (Å²) in [6.45, 7) is 6.22. The summed E-state index contributed by atoms with van der Waals surface area (Å²) in [7, 11) is 0. The Kier molecular flexibility index (Phi) is 4.26. The van der Waals surface area contributed by atoms with Crippen molar-refractivity contribution in [3.05, 3.63) is 51.5 Å². The van der Waals surface area contributed by atoms with Crippen LogP contribution in [0.4, 0.5) is 0 Å². The van der Waals surface area contributed by atoms with Crippen molar-refractivity contribution in [1.82, 2.24) is 14.5 Å². The van der Waals surface area contributed by atoms with Crippen LogP contribution in [0.25, 0.3) is 22.3 Å². The number of hydrogen-bond acceptors (Lipinski definition) is 2. The number of fused-ring (bicyclic) bond motifs is 1. The topological polar surface area (TPSA) is 50.7 Å². The number of imidazole rings is 1. The molecule has 23 heavy (non-hydrogen) atoms. The number of aryl methyl sites for hydroxylation is 1. The van der Waals surface area contributed by atoms with Crippen molar-refractivity contribution in [2.45, 2.75) is 39.7 Å². The number of nitrogens with zero attached hydrogens (tertiary/aromatic N) is 2. The van der Waals surface area contributed by atoms with Crippen LogP contribution in [-0.2, 0) is 0 Å². The minimum absolute atomic E-state index is 0.124. The first-order valence-corrected chi connectivity index (χ1v) is 8.31. The van der Waals surface area contributed by atoms with E-state index >= 15 is 0 Å². The Bertz CT molecular complexity index is 906. The van der Waals surface area contributed by atoms with Gasteiger partial charge in [-0.2, -0.15) is 0 Å². The second-order valence-electron chi connectivity index (χ2n) is 5.76. The van der Waals surface area contributed by atoms with Gasteiger partial charge in [-0.15, -0.1) is 0 Å². The summed E-state index contributed by atoms with van der Waals surface area (Å²) in [5.41, 5.74) is 4.28. The highest BCUT2D eigenvalue weighted by atomic mass is 35.5. The van der Waals surface area contributed by atoms with Crippen LogP contribution in [0, 0.1) is 6.92 Å². The summed E-state index contributed by atoms with van der Waals surface area (Å²) in [5.74, 6) is 0. The Balaban J connectivity index is 2.44. The molecule has 0 aliphatic carbocycles. The number of aromatic nitrogens is 3. The molecule has 0 fully saturated rings. The third-order valence-electron chi connectivity index (χ3n) is 4.41. The molecule has 1 aromatic carbocycles. The normalized spacial score (nSPS) is 11.5. The number of rotatable bonds is 4. The lowest BCUT2D eigenvalue weighted by atomic mass is 10.00. The SMILES string of the molecule is CCC(CC)n1c(=O)[nH]c2ncc(Cl)c(-c3ccccc3C)c21. The average Bonchev–Trinajstić information content (AvgIpc) is 2.87. The molecule has 0 saturated heterocycles. The van der Waals surface area contributed by atoms with E-state index in [4.69, 9.17) is 11.6 Å². The molecule has 2 heterocycles. The zero-order valence-corrected chi connectivity index (χ0v) is 14.3. The van der Waals surface area contributed by atoms with Crippen molar-refractivity contribution in [3.8, 4) is 11.1 Å². The lowest BCUT2D eigenvalue weighted by molar-refractivity contribution is 0.472. The van der Waals surface area contributed by atoms with Gasteiger partial charge in [0, 0.05) is 17.8 Å². The molecule has 0 aliphatic heterocycles. The van der Waals surface area contributed by atoms with Gasteiger partial charge >= 0.3 is 5.69 Å². The van der Waals surface area contributed by atoms with Crippen LogP contribution >= 0.6 is 11.6 Å². The van der Waals surface area contributed by atoms with Crippen molar-refractivity contribution in [1.29, 1.82) is 0 Å². The van der Waals surface area contributed by atoms with E-state index in [0.717, 1.165) is 35.0 Å². The van der Waals surface area contributed by atoms with Gasteiger partial charge in [0.05, 0.1) is 10.5 Å². The van der Waals surface area contributed by atoms with Crippen LogP contribution in [0.2, 0.25) is 5.02 Å². The van der Waals surface area contributed by atoms with E-state index < -0.39 is 0 Å². The van der Waals surface area contributed by atoms with Crippen molar-refractivity contribution in [2.75, 3.05) is 0 Å². The zero-order valence-electron chi connectivity index (χ0n) is 13.6. The Labute approximate surface area is 140 Å². The molecular formula is C18H20ClN3O. The van der Waals surface area contributed by atoms with Crippen LogP contribution in [0.1, 0.15) is 38.3 Å². The van der Waals surface area contributed by atoms with Crippen LogP contribution in [0.15, 0.2) is 35.3 Å². The minimum atomic E-state index is -0.127. The second-order valence-corrected chi connectivity index (χ2v) is 6.17. The van der Waals surface area contributed by atoms with Gasteiger partial charge in [-0.05, 0) is 30.9 Å². The number of benzene rings is 1. The maximum absolute atomic E-state index is 12.5. The molecule has 4 nitrogen and oxygen atoms in total. The third-order valence-corrected chi connectivity index (χ3v) is 4.70. The van der Waals surface area contributed by atoms with Crippen LogP contribution in [-0.4, -0.2) is 14.5 Å². The number of H-pyrrole nitrogens is 1. The molecule has 0 spiro atoms. The van der Waals surface area contributed by atoms with Gasteiger partial charge in [0.25, 0.3) is 0 Å². The van der Waals surface area contributed by atoms with Gasteiger partial charge in [0.1, 0.15) is 0 Å². The molecule has 5 heteroatoms. The molecule has 0 aliphatic rings. The Morgan fingerprint density at radius 2 is 1.96 bits per heavy atom. The van der Waals surface area contributed by atoms with Crippen LogP contribution < -0.4 is 5.69 Å². The first-order valence-electron chi connectivity index (χ1n) is 7.93. The summed E-state index contributed by atoms with van der Waals surface area (Å²) in [6, 6.07) is 8.18. The number of nitrogens with one attached hydrogen (secondary N) is 1. The highest BCUT2D eigenvalue weighted by molar-refractivity contribution is 6.34. The summed E-state index contributed by atoms with van der Waals surface area (Å²) in [4.78, 5) is 19.7. The molecular weight excluding hydrogens is 310 g/mol. The molecule has 1 N–H and O–H groups in total. The Hall–Kier alpha value is -2.07. The van der Waals surface area contributed by atoms with E-state index in [9.17, 15) is 4.79 Å². The quantitative estimate of drug-likeness (QED) is 0.753. The second kappa shape index (κ2) is 6.20. The third kappa shape index (κ3) is 2.57. The number of hydrogen-bond donors (Lipinski definition) is 1. The molecule has 3 rings (SSSR count). The van der Waals surface area contributed by atoms with Gasteiger partial charge in [-0.25, -0.2) is 9.78 Å². The van der Waals surface area contributed by atoms with Crippen LogP contribution in [0.3, 0.4) is 0 Å².